The van der Waals surface area contributed by atoms with Gasteiger partial charge < -0.3 is 14.2 Å². The van der Waals surface area contributed by atoms with Crippen LogP contribution >= 0.6 is 0 Å². The van der Waals surface area contributed by atoms with Crippen LogP contribution in [0.25, 0.3) is 12.2 Å². The van der Waals surface area contributed by atoms with Crippen LogP contribution in [-0.4, -0.2) is 36.4 Å². The quantitative estimate of drug-likeness (QED) is 0.544. The highest BCUT2D eigenvalue weighted by Crippen LogP contribution is 2.36. The van der Waals surface area contributed by atoms with Crippen molar-refractivity contribution in [3.05, 3.63) is 53.6 Å². The molecule has 30 heavy (non-hydrogen) atoms. The van der Waals surface area contributed by atoms with E-state index in [0.29, 0.717) is 5.56 Å². The number of pyridine rings is 1. The summed E-state index contributed by atoms with van der Waals surface area (Å²) in [6.07, 6.45) is 8.99. The molecule has 1 aromatic heterocycles. The summed E-state index contributed by atoms with van der Waals surface area (Å²) in [6.45, 7) is 10.2. The van der Waals surface area contributed by atoms with Crippen molar-refractivity contribution >= 4 is 30.4 Å². The molecule has 0 bridgehead atoms. The summed E-state index contributed by atoms with van der Waals surface area (Å²) in [7, 11) is -0.556. The molecule has 1 aromatic carbocycles. The summed E-state index contributed by atoms with van der Waals surface area (Å²) in [4.78, 5) is 6.35. The Balaban J connectivity index is 1.49. The van der Waals surface area contributed by atoms with Crippen molar-refractivity contribution in [1.29, 1.82) is 0 Å². The first-order valence-electron chi connectivity index (χ1n) is 10.8. The Kier molecular flexibility index (Phi) is 5.73. The van der Waals surface area contributed by atoms with Crippen molar-refractivity contribution in [2.75, 3.05) is 18.0 Å². The average molecular weight is 408 g/mol. The molecule has 2 saturated heterocycles. The second-order valence-corrected chi connectivity index (χ2v) is 9.21. The number of rotatable bonds is 4. The summed E-state index contributed by atoms with van der Waals surface area (Å²) in [5.74, 6) is -0.503. The Labute approximate surface area is 179 Å². The van der Waals surface area contributed by atoms with E-state index in [4.69, 9.17) is 9.31 Å². The van der Waals surface area contributed by atoms with E-state index in [1.54, 1.807) is 12.1 Å². The normalized spacial score (nSPS) is 20.8. The first-order chi connectivity index (χ1) is 14.2. The fraction of sp³-hybridized carbons (Fsp3) is 0.458. The topological polar surface area (TPSA) is 34.6 Å². The Morgan fingerprint density at radius 2 is 1.60 bits per heavy atom. The van der Waals surface area contributed by atoms with Crippen molar-refractivity contribution in [2.24, 2.45) is 0 Å². The molecule has 0 N–H and O–H groups in total. The van der Waals surface area contributed by atoms with Gasteiger partial charge in [-0.3, -0.25) is 0 Å². The predicted molar refractivity (Wildman–Crippen MR) is 121 cm³/mol. The molecule has 0 amide bonds. The van der Waals surface area contributed by atoms with E-state index >= 15 is 0 Å². The fourth-order valence-electron chi connectivity index (χ4n) is 3.84. The summed E-state index contributed by atoms with van der Waals surface area (Å²) in [6, 6.07) is 10.2. The zero-order valence-electron chi connectivity index (χ0n) is 18.3. The van der Waals surface area contributed by atoms with Crippen LogP contribution in [0.4, 0.5) is 10.1 Å². The smallest absolute Gasteiger partial charge is 0.399 e. The van der Waals surface area contributed by atoms with Gasteiger partial charge in [0.05, 0.1) is 11.2 Å². The minimum atomic E-state index is -0.556. The van der Waals surface area contributed by atoms with Gasteiger partial charge in [-0.15, -0.1) is 0 Å². The molecule has 0 unspecified atom stereocenters. The van der Waals surface area contributed by atoms with Crippen LogP contribution in [0.2, 0.25) is 0 Å². The minimum Gasteiger partial charge on any atom is -0.399 e. The molecule has 2 aliphatic heterocycles. The number of hydrogen-bond donors (Lipinski definition) is 0. The van der Waals surface area contributed by atoms with Crippen molar-refractivity contribution in [1.82, 2.24) is 4.98 Å². The zero-order valence-corrected chi connectivity index (χ0v) is 18.3. The predicted octanol–water partition coefficient (Wildman–Crippen LogP) is 4.68. The average Bonchev–Trinajstić information content (AvgIpc) is 2.95. The molecular formula is C24H30BFN2O2. The third-order valence-corrected chi connectivity index (χ3v) is 6.48. The van der Waals surface area contributed by atoms with Gasteiger partial charge in [-0.2, -0.15) is 4.39 Å². The first kappa shape index (κ1) is 21.1. The van der Waals surface area contributed by atoms with E-state index in [-0.39, 0.29) is 0 Å². The molecule has 158 valence electrons. The third kappa shape index (κ3) is 4.30. The molecular weight excluding hydrogens is 378 g/mol. The second kappa shape index (κ2) is 8.16. The van der Waals surface area contributed by atoms with Gasteiger partial charge in [-0.1, -0.05) is 18.2 Å². The van der Waals surface area contributed by atoms with E-state index < -0.39 is 24.3 Å². The second-order valence-electron chi connectivity index (χ2n) is 9.21. The van der Waals surface area contributed by atoms with Gasteiger partial charge in [-0.05, 0) is 76.8 Å². The lowest BCUT2D eigenvalue weighted by atomic mass is 9.79. The highest BCUT2D eigenvalue weighted by molar-refractivity contribution is 6.62. The molecule has 3 heterocycles. The lowest BCUT2D eigenvalue weighted by Crippen LogP contribution is -2.41. The maximum atomic E-state index is 14.3. The van der Waals surface area contributed by atoms with Crippen molar-refractivity contribution in [3.8, 4) is 0 Å². The molecule has 4 nitrogen and oxygen atoms in total. The van der Waals surface area contributed by atoms with Gasteiger partial charge in [-0.25, -0.2) is 4.98 Å². The van der Waals surface area contributed by atoms with Crippen LogP contribution in [0, 0.1) is 5.95 Å². The number of piperidine rings is 1. The van der Waals surface area contributed by atoms with Gasteiger partial charge in [0, 0.05) is 36.0 Å². The highest BCUT2D eigenvalue weighted by atomic mass is 19.1. The van der Waals surface area contributed by atoms with Gasteiger partial charge >= 0.3 is 7.12 Å². The Bertz CT molecular complexity index is 905. The van der Waals surface area contributed by atoms with Crippen LogP contribution in [0.5, 0.6) is 0 Å². The largest absolute Gasteiger partial charge is 0.496 e. The van der Waals surface area contributed by atoms with Gasteiger partial charge in [0.15, 0.2) is 0 Å². The van der Waals surface area contributed by atoms with E-state index in [9.17, 15) is 4.39 Å². The molecule has 2 aromatic rings. The summed E-state index contributed by atoms with van der Waals surface area (Å²) in [5, 5.41) is 0. The summed E-state index contributed by atoms with van der Waals surface area (Å²) < 4.78 is 26.4. The molecule has 6 heteroatoms. The number of halogens is 1. The van der Waals surface area contributed by atoms with Crippen LogP contribution < -0.4 is 10.4 Å². The van der Waals surface area contributed by atoms with Gasteiger partial charge in [0.1, 0.15) is 0 Å². The first-order valence-corrected chi connectivity index (χ1v) is 10.8. The Hall–Kier alpha value is -2.18. The van der Waals surface area contributed by atoms with E-state index in [0.717, 1.165) is 24.1 Å². The van der Waals surface area contributed by atoms with Crippen LogP contribution in [-0.2, 0) is 9.31 Å². The summed E-state index contributed by atoms with van der Waals surface area (Å²) in [5.41, 5.74) is 2.52. The lowest BCUT2D eigenvalue weighted by molar-refractivity contribution is 0.00578. The zero-order chi connectivity index (χ0) is 21.4. The molecule has 2 aliphatic rings. The molecule has 0 saturated carbocycles. The lowest BCUT2D eigenvalue weighted by Gasteiger charge is -2.32. The maximum absolute atomic E-state index is 14.3. The van der Waals surface area contributed by atoms with E-state index in [2.05, 4.69) is 34.1 Å². The van der Waals surface area contributed by atoms with Crippen LogP contribution in [0.3, 0.4) is 0 Å². The SMILES string of the molecule is CC1(C)OB(c2cnc(F)c(/C=C/c3ccc(N4CCCCC4)cc3)c2)OC1(C)C. The van der Waals surface area contributed by atoms with Gasteiger partial charge in [0.25, 0.3) is 0 Å². The van der Waals surface area contributed by atoms with Crippen LogP contribution in [0.1, 0.15) is 58.1 Å². The highest BCUT2D eigenvalue weighted by Gasteiger charge is 2.51. The Morgan fingerprint density at radius 1 is 0.967 bits per heavy atom. The van der Waals surface area contributed by atoms with Gasteiger partial charge in [0.2, 0.25) is 5.95 Å². The minimum absolute atomic E-state index is 0.419. The number of hydrogen-bond acceptors (Lipinski definition) is 4. The van der Waals surface area contributed by atoms with E-state index in [1.807, 2.05) is 33.8 Å². The summed E-state index contributed by atoms with van der Waals surface area (Å²) >= 11 is 0. The third-order valence-electron chi connectivity index (χ3n) is 6.48. The van der Waals surface area contributed by atoms with Crippen LogP contribution in [0.15, 0.2) is 36.5 Å². The molecule has 4 rings (SSSR count). The maximum Gasteiger partial charge on any atom is 0.496 e. The van der Waals surface area contributed by atoms with E-state index in [1.165, 1.54) is 31.1 Å². The Morgan fingerprint density at radius 3 is 2.23 bits per heavy atom. The number of anilines is 1. The van der Waals surface area contributed by atoms with Crippen molar-refractivity contribution in [2.45, 2.75) is 58.2 Å². The standard InChI is InChI=1S/C24H30BFN2O2/c1-23(2)24(3,4)30-25(29-23)20-16-19(22(26)27-17-20)11-8-18-9-12-21(13-10-18)28-14-6-5-7-15-28/h8-13,16-17H,5-7,14-15H2,1-4H3/b11-8+. The molecule has 0 atom stereocenters. The number of aromatic nitrogens is 1. The molecule has 0 radical (unpaired) electrons. The monoisotopic (exact) mass is 408 g/mol. The number of benzene rings is 1. The molecule has 0 spiro atoms. The molecule has 0 aliphatic carbocycles. The number of nitrogens with zero attached hydrogens (tertiary/aromatic N) is 2. The fourth-order valence-corrected chi connectivity index (χ4v) is 3.84. The molecule has 2 fully saturated rings. The van der Waals surface area contributed by atoms with Crippen molar-refractivity contribution < 1.29 is 13.7 Å². The van der Waals surface area contributed by atoms with Crippen molar-refractivity contribution in [3.63, 3.8) is 0 Å².